The second-order valence-electron chi connectivity index (χ2n) is 7.61. The number of hydrogen-bond acceptors (Lipinski definition) is 4. The van der Waals surface area contributed by atoms with E-state index in [9.17, 15) is 4.39 Å². The molecule has 0 bridgehead atoms. The minimum Gasteiger partial charge on any atom is -0.366 e. The van der Waals surface area contributed by atoms with E-state index < -0.39 is 6.17 Å². The molecule has 2 fully saturated rings. The number of aryl methyl sites for hydroxylation is 1. The van der Waals surface area contributed by atoms with Gasteiger partial charge in [-0.2, -0.15) is 0 Å². The minimum atomic E-state index is -0.663. The molecule has 2 unspecified atom stereocenters. The van der Waals surface area contributed by atoms with Gasteiger partial charge in [-0.1, -0.05) is 31.5 Å². The second-order valence-corrected chi connectivity index (χ2v) is 8.08. The van der Waals surface area contributed by atoms with Crippen molar-refractivity contribution in [2.75, 3.05) is 7.05 Å². The number of aromatic nitrogens is 4. The van der Waals surface area contributed by atoms with Crippen LogP contribution in [0.2, 0.25) is 0 Å². The molecule has 5 nitrogen and oxygen atoms in total. The lowest BCUT2D eigenvalue weighted by Gasteiger charge is -2.34. The van der Waals surface area contributed by atoms with Crippen LogP contribution in [-0.2, 0) is 6.42 Å². The van der Waals surface area contributed by atoms with E-state index in [0.717, 1.165) is 42.9 Å². The Bertz CT molecular complexity index is 557. The second kappa shape index (κ2) is 9.01. The maximum absolute atomic E-state index is 13.6. The van der Waals surface area contributed by atoms with Crippen LogP contribution in [0.5, 0.6) is 0 Å². The van der Waals surface area contributed by atoms with E-state index in [1.54, 1.807) is 0 Å². The molecule has 0 radical (unpaired) electrons. The predicted octanol–water partition coefficient (Wildman–Crippen LogP) is 4.04. The Morgan fingerprint density at radius 2 is 2.00 bits per heavy atom. The van der Waals surface area contributed by atoms with Crippen LogP contribution < -0.4 is 0 Å². The molecule has 0 spiro atoms. The maximum Gasteiger partial charge on any atom is 0.151 e. The fourth-order valence-corrected chi connectivity index (χ4v) is 4.51. The number of tetrazole rings is 1. The molecule has 2 atom stereocenters. The van der Waals surface area contributed by atoms with Gasteiger partial charge in [-0.05, 0) is 61.8 Å². The molecule has 25 heavy (non-hydrogen) atoms. The van der Waals surface area contributed by atoms with Crippen molar-refractivity contribution in [3.05, 3.63) is 5.82 Å². The molecule has 1 aromatic heterocycles. The van der Waals surface area contributed by atoms with Crippen LogP contribution in [0.1, 0.15) is 82.5 Å². The van der Waals surface area contributed by atoms with E-state index in [1.807, 2.05) is 11.7 Å². The molecule has 2 aliphatic carbocycles. The number of rotatable bonds is 6. The van der Waals surface area contributed by atoms with Crippen molar-refractivity contribution in [2.45, 2.75) is 95.3 Å². The summed E-state index contributed by atoms with van der Waals surface area (Å²) >= 11 is 5.59. The van der Waals surface area contributed by atoms with E-state index in [0.29, 0.717) is 18.9 Å². The lowest BCUT2D eigenvalue weighted by atomic mass is 9.93. The summed E-state index contributed by atoms with van der Waals surface area (Å²) < 4.78 is 15.7. The van der Waals surface area contributed by atoms with Gasteiger partial charge in [0.1, 0.15) is 6.17 Å². The monoisotopic (exact) mass is 367 g/mol. The summed E-state index contributed by atoms with van der Waals surface area (Å²) in [7, 11) is 2.02. The van der Waals surface area contributed by atoms with Gasteiger partial charge in [-0.15, -0.1) is 5.10 Å². The van der Waals surface area contributed by atoms with Crippen molar-refractivity contribution in [1.82, 2.24) is 25.1 Å². The number of hydrogen-bond donors (Lipinski definition) is 0. The fourth-order valence-electron chi connectivity index (χ4n) is 4.22. The molecule has 7 heteroatoms. The summed E-state index contributed by atoms with van der Waals surface area (Å²) in [5.41, 5.74) is 0. The molecule has 0 aliphatic heterocycles. The van der Waals surface area contributed by atoms with Crippen LogP contribution in [0, 0.1) is 0 Å². The first-order valence-corrected chi connectivity index (χ1v) is 10.2. The zero-order valence-electron chi connectivity index (χ0n) is 15.2. The first-order valence-electron chi connectivity index (χ1n) is 9.81. The van der Waals surface area contributed by atoms with Gasteiger partial charge >= 0.3 is 0 Å². The molecule has 1 heterocycles. The quantitative estimate of drug-likeness (QED) is 0.710. The average molecular weight is 368 g/mol. The van der Waals surface area contributed by atoms with Crippen molar-refractivity contribution in [3.63, 3.8) is 0 Å². The molecule has 0 saturated heterocycles. The van der Waals surface area contributed by atoms with Crippen LogP contribution in [0.3, 0.4) is 0 Å². The van der Waals surface area contributed by atoms with E-state index >= 15 is 0 Å². The Kier molecular flexibility index (Phi) is 6.73. The summed E-state index contributed by atoms with van der Waals surface area (Å²) in [6, 6.07) is 0.737. The molecule has 0 amide bonds. The Morgan fingerprint density at radius 1 is 1.20 bits per heavy atom. The third-order valence-corrected chi connectivity index (χ3v) is 6.29. The Balaban J connectivity index is 1.46. The van der Waals surface area contributed by atoms with Gasteiger partial charge in [-0.3, -0.25) is 0 Å². The Morgan fingerprint density at radius 3 is 2.76 bits per heavy atom. The van der Waals surface area contributed by atoms with Gasteiger partial charge in [0.05, 0.1) is 11.0 Å². The standard InChI is InChI=1S/C18H30FN5S/c1-23(16-10-5-7-14(19)13-16)18(25)12-6-11-17-20-21-22-24(17)15-8-3-2-4-9-15/h14-16H,2-13H2,1H3. The largest absolute Gasteiger partial charge is 0.366 e. The van der Waals surface area contributed by atoms with Gasteiger partial charge < -0.3 is 4.90 Å². The number of alkyl halides is 1. The summed E-state index contributed by atoms with van der Waals surface area (Å²) in [5, 5.41) is 12.3. The highest BCUT2D eigenvalue weighted by Crippen LogP contribution is 2.28. The lowest BCUT2D eigenvalue weighted by molar-refractivity contribution is 0.175. The molecule has 2 saturated carbocycles. The molecule has 140 valence electrons. The highest BCUT2D eigenvalue weighted by atomic mass is 32.1. The van der Waals surface area contributed by atoms with Crippen LogP contribution in [0.25, 0.3) is 0 Å². The average Bonchev–Trinajstić information content (AvgIpc) is 3.10. The van der Waals surface area contributed by atoms with Crippen molar-refractivity contribution in [3.8, 4) is 0 Å². The maximum atomic E-state index is 13.6. The normalized spacial score (nSPS) is 25.0. The van der Waals surface area contributed by atoms with Crippen molar-refractivity contribution >= 4 is 17.2 Å². The minimum absolute atomic E-state index is 0.267. The molecular formula is C18H30FN5S. The van der Waals surface area contributed by atoms with Crippen LogP contribution >= 0.6 is 12.2 Å². The summed E-state index contributed by atoms with van der Waals surface area (Å²) in [5.74, 6) is 0.985. The molecule has 0 N–H and O–H groups in total. The molecule has 2 aliphatic rings. The van der Waals surface area contributed by atoms with Gasteiger partial charge in [-0.25, -0.2) is 9.07 Å². The highest BCUT2D eigenvalue weighted by Gasteiger charge is 2.26. The predicted molar refractivity (Wildman–Crippen MR) is 100 cm³/mol. The Labute approximate surface area is 155 Å². The lowest BCUT2D eigenvalue weighted by Crippen LogP contribution is -2.39. The third-order valence-electron chi connectivity index (χ3n) is 5.80. The first-order chi connectivity index (χ1) is 12.1. The molecule has 3 rings (SSSR count). The van der Waals surface area contributed by atoms with E-state index in [1.165, 1.54) is 32.1 Å². The van der Waals surface area contributed by atoms with E-state index in [2.05, 4.69) is 20.4 Å². The number of thiocarbonyl (C=S) groups is 1. The van der Waals surface area contributed by atoms with Crippen LogP contribution in [0.4, 0.5) is 4.39 Å². The van der Waals surface area contributed by atoms with E-state index in [-0.39, 0.29) is 6.04 Å². The van der Waals surface area contributed by atoms with Crippen molar-refractivity contribution < 1.29 is 4.39 Å². The van der Waals surface area contributed by atoms with Crippen LogP contribution in [-0.4, -0.2) is 49.4 Å². The van der Waals surface area contributed by atoms with Crippen molar-refractivity contribution in [2.24, 2.45) is 0 Å². The number of halogens is 1. The van der Waals surface area contributed by atoms with Gasteiger partial charge in [0, 0.05) is 19.5 Å². The smallest absolute Gasteiger partial charge is 0.151 e. The Hall–Kier alpha value is -1.11. The zero-order valence-corrected chi connectivity index (χ0v) is 16.1. The summed E-state index contributed by atoms with van der Waals surface area (Å²) in [6.07, 6.45) is 11.6. The highest BCUT2D eigenvalue weighted by molar-refractivity contribution is 7.80. The molecule has 0 aromatic carbocycles. The zero-order chi connectivity index (χ0) is 17.6. The summed E-state index contributed by atoms with van der Waals surface area (Å²) in [6.45, 7) is 0. The van der Waals surface area contributed by atoms with Gasteiger partial charge in [0.2, 0.25) is 0 Å². The first kappa shape index (κ1) is 18.7. The van der Waals surface area contributed by atoms with Crippen LogP contribution in [0.15, 0.2) is 0 Å². The molecular weight excluding hydrogens is 337 g/mol. The van der Waals surface area contributed by atoms with E-state index in [4.69, 9.17) is 12.2 Å². The van der Waals surface area contributed by atoms with Crippen molar-refractivity contribution in [1.29, 1.82) is 0 Å². The fraction of sp³-hybridized carbons (Fsp3) is 0.889. The van der Waals surface area contributed by atoms with Gasteiger partial charge in [0.15, 0.2) is 5.82 Å². The third kappa shape index (κ3) is 4.96. The van der Waals surface area contributed by atoms with Gasteiger partial charge in [0.25, 0.3) is 0 Å². The summed E-state index contributed by atoms with van der Waals surface area (Å²) in [4.78, 5) is 3.07. The number of nitrogens with zero attached hydrogens (tertiary/aromatic N) is 5. The topological polar surface area (TPSA) is 46.8 Å². The SMILES string of the molecule is CN(C(=S)CCCc1nnnn1C1CCCCC1)C1CCCC(F)C1. The molecule has 1 aromatic rings.